The number of aliphatic hydroxyl groups is 2. The predicted octanol–water partition coefficient (Wildman–Crippen LogP) is 1.36. The zero-order valence-corrected chi connectivity index (χ0v) is 11.5. The van der Waals surface area contributed by atoms with Crippen LogP contribution in [0.1, 0.15) is 10.4 Å². The molecule has 0 aliphatic carbocycles. The first-order valence-corrected chi connectivity index (χ1v) is 6.46. The number of nitrogens with one attached hydrogen (secondary N) is 1. The first-order chi connectivity index (χ1) is 7.04. The van der Waals surface area contributed by atoms with E-state index in [-0.39, 0.29) is 19.1 Å². The summed E-state index contributed by atoms with van der Waals surface area (Å²) < 4.78 is 1.58. The predicted molar refractivity (Wildman–Crippen MR) is 65.1 cm³/mol. The third-order valence-corrected chi connectivity index (χ3v) is 3.95. The smallest absolute Gasteiger partial charge is 0.253 e. The molecule has 0 aliphatic rings. The van der Waals surface area contributed by atoms with Crippen molar-refractivity contribution in [2.24, 2.45) is 0 Å². The van der Waals surface area contributed by atoms with E-state index in [0.29, 0.717) is 5.56 Å². The normalized spacial score (nSPS) is 12.5. The SMILES string of the molecule is O=C(NCC(O)CO)c1cc(Br)sc1Br. The van der Waals surface area contributed by atoms with Crippen LogP contribution in [0.5, 0.6) is 0 Å². The summed E-state index contributed by atoms with van der Waals surface area (Å²) in [7, 11) is 0. The number of hydrogen-bond acceptors (Lipinski definition) is 4. The largest absolute Gasteiger partial charge is 0.394 e. The summed E-state index contributed by atoms with van der Waals surface area (Å²) in [5.74, 6) is -0.281. The lowest BCUT2D eigenvalue weighted by atomic mass is 10.3. The lowest BCUT2D eigenvalue weighted by Gasteiger charge is -2.08. The second-order valence-corrected chi connectivity index (χ2v) is 6.53. The molecule has 1 rings (SSSR count). The van der Waals surface area contributed by atoms with E-state index in [0.717, 1.165) is 7.57 Å². The van der Waals surface area contributed by atoms with Crippen molar-refractivity contribution in [3.8, 4) is 0 Å². The number of rotatable bonds is 4. The molecule has 1 atom stereocenters. The lowest BCUT2D eigenvalue weighted by Crippen LogP contribution is -2.33. The highest BCUT2D eigenvalue weighted by atomic mass is 79.9. The minimum absolute atomic E-state index is 0.0369. The van der Waals surface area contributed by atoms with Gasteiger partial charge in [-0.25, -0.2) is 0 Å². The number of carbonyl (C=O) groups is 1. The monoisotopic (exact) mass is 357 g/mol. The first-order valence-electron chi connectivity index (χ1n) is 4.06. The maximum absolute atomic E-state index is 11.6. The second kappa shape index (κ2) is 5.95. The second-order valence-electron chi connectivity index (χ2n) is 2.78. The van der Waals surface area contributed by atoms with Crippen LogP contribution in [0, 0.1) is 0 Å². The molecule has 0 aromatic carbocycles. The number of aliphatic hydroxyl groups excluding tert-OH is 2. The Morgan fingerprint density at radius 2 is 2.27 bits per heavy atom. The molecule has 4 nitrogen and oxygen atoms in total. The summed E-state index contributed by atoms with van der Waals surface area (Å²) in [6.45, 7) is -0.329. The van der Waals surface area contributed by atoms with Crippen LogP contribution < -0.4 is 5.32 Å². The van der Waals surface area contributed by atoms with Crippen LogP contribution >= 0.6 is 43.2 Å². The lowest BCUT2D eigenvalue weighted by molar-refractivity contribution is 0.0802. The zero-order chi connectivity index (χ0) is 11.4. The number of carbonyl (C=O) groups excluding carboxylic acids is 1. The Hall–Kier alpha value is 0.0500. The molecule has 0 spiro atoms. The third-order valence-electron chi connectivity index (χ3n) is 1.61. The number of halogens is 2. The molecule has 3 N–H and O–H groups in total. The van der Waals surface area contributed by atoms with Gasteiger partial charge in [0.1, 0.15) is 0 Å². The molecule has 0 saturated heterocycles. The van der Waals surface area contributed by atoms with Crippen LogP contribution in [0.15, 0.2) is 13.6 Å². The maximum Gasteiger partial charge on any atom is 0.253 e. The molecule has 84 valence electrons. The molecule has 0 aliphatic heterocycles. The van der Waals surface area contributed by atoms with Crippen LogP contribution in [0.2, 0.25) is 0 Å². The third kappa shape index (κ3) is 3.84. The van der Waals surface area contributed by atoms with Crippen LogP contribution in [-0.2, 0) is 0 Å². The highest BCUT2D eigenvalue weighted by Gasteiger charge is 2.14. The minimum Gasteiger partial charge on any atom is -0.394 e. The van der Waals surface area contributed by atoms with E-state index in [1.165, 1.54) is 11.3 Å². The van der Waals surface area contributed by atoms with Gasteiger partial charge in [0, 0.05) is 6.54 Å². The Morgan fingerprint density at radius 3 is 2.73 bits per heavy atom. The summed E-state index contributed by atoms with van der Waals surface area (Å²) in [4.78, 5) is 11.6. The highest BCUT2D eigenvalue weighted by Crippen LogP contribution is 2.31. The molecule has 0 fully saturated rings. The summed E-state index contributed by atoms with van der Waals surface area (Å²) in [6.07, 6.45) is -0.921. The van der Waals surface area contributed by atoms with E-state index in [1.54, 1.807) is 6.07 Å². The quantitative estimate of drug-likeness (QED) is 0.761. The summed E-state index contributed by atoms with van der Waals surface area (Å²) in [5.41, 5.74) is 0.511. The van der Waals surface area contributed by atoms with Crippen molar-refractivity contribution in [2.45, 2.75) is 6.10 Å². The van der Waals surface area contributed by atoms with Gasteiger partial charge in [0.25, 0.3) is 5.91 Å². The topological polar surface area (TPSA) is 69.6 Å². The Kier molecular flexibility index (Phi) is 5.20. The molecule has 1 aromatic heterocycles. The summed E-state index contributed by atoms with van der Waals surface area (Å²) in [5, 5.41) is 20.1. The molecule has 1 unspecified atom stereocenters. The summed E-state index contributed by atoms with van der Waals surface area (Å²) in [6, 6.07) is 1.69. The molecular weight excluding hydrogens is 350 g/mol. The van der Waals surface area contributed by atoms with Gasteiger partial charge in [-0.1, -0.05) is 0 Å². The molecule has 1 amide bonds. The number of amides is 1. The standard InChI is InChI=1S/C8H9Br2NO3S/c9-6-1-5(7(10)15-6)8(14)11-2-4(13)3-12/h1,4,12-13H,2-3H2,(H,11,14). The Balaban J connectivity index is 2.58. The van der Waals surface area contributed by atoms with E-state index in [9.17, 15) is 4.79 Å². The van der Waals surface area contributed by atoms with Gasteiger partial charge in [0.15, 0.2) is 0 Å². The zero-order valence-electron chi connectivity index (χ0n) is 7.54. The molecule has 1 aromatic rings. The van der Waals surface area contributed by atoms with Crippen molar-refractivity contribution in [3.05, 3.63) is 19.2 Å². The molecule has 1 heterocycles. The van der Waals surface area contributed by atoms with Crippen LogP contribution in [0.4, 0.5) is 0 Å². The fourth-order valence-electron chi connectivity index (χ4n) is 0.865. The van der Waals surface area contributed by atoms with E-state index in [1.807, 2.05) is 0 Å². The van der Waals surface area contributed by atoms with Crippen LogP contribution in [0.25, 0.3) is 0 Å². The van der Waals surface area contributed by atoms with Gasteiger partial charge in [-0.05, 0) is 37.9 Å². The molecular formula is C8H9Br2NO3S. The van der Waals surface area contributed by atoms with Crippen molar-refractivity contribution in [1.29, 1.82) is 0 Å². The molecule has 15 heavy (non-hydrogen) atoms. The molecule has 7 heteroatoms. The van der Waals surface area contributed by atoms with Gasteiger partial charge in [0.2, 0.25) is 0 Å². The number of hydrogen-bond donors (Lipinski definition) is 3. The van der Waals surface area contributed by atoms with Gasteiger partial charge in [0.05, 0.1) is 25.8 Å². The average molecular weight is 359 g/mol. The fourth-order valence-corrected chi connectivity index (χ4v) is 3.66. The Morgan fingerprint density at radius 1 is 1.60 bits per heavy atom. The van der Waals surface area contributed by atoms with E-state index in [4.69, 9.17) is 10.2 Å². The Labute approximate surface area is 108 Å². The van der Waals surface area contributed by atoms with Crippen molar-refractivity contribution in [2.75, 3.05) is 13.2 Å². The van der Waals surface area contributed by atoms with E-state index >= 15 is 0 Å². The molecule has 0 radical (unpaired) electrons. The van der Waals surface area contributed by atoms with Crippen molar-refractivity contribution < 1.29 is 15.0 Å². The van der Waals surface area contributed by atoms with Gasteiger partial charge in [-0.2, -0.15) is 0 Å². The van der Waals surface area contributed by atoms with Gasteiger partial charge in [-0.3, -0.25) is 4.79 Å². The van der Waals surface area contributed by atoms with Crippen LogP contribution in [-0.4, -0.2) is 35.4 Å². The van der Waals surface area contributed by atoms with Gasteiger partial charge < -0.3 is 15.5 Å². The van der Waals surface area contributed by atoms with E-state index in [2.05, 4.69) is 37.2 Å². The van der Waals surface area contributed by atoms with Gasteiger partial charge >= 0.3 is 0 Å². The summed E-state index contributed by atoms with van der Waals surface area (Å²) >= 11 is 7.92. The Bertz CT molecular complexity index is 356. The fraction of sp³-hybridized carbons (Fsp3) is 0.375. The highest BCUT2D eigenvalue weighted by molar-refractivity contribution is 9.12. The number of thiophene rings is 1. The van der Waals surface area contributed by atoms with Crippen molar-refractivity contribution in [3.63, 3.8) is 0 Å². The minimum atomic E-state index is -0.921. The van der Waals surface area contributed by atoms with E-state index < -0.39 is 6.10 Å². The molecule has 0 bridgehead atoms. The van der Waals surface area contributed by atoms with Crippen molar-refractivity contribution in [1.82, 2.24) is 5.32 Å². The first kappa shape index (κ1) is 13.1. The molecule has 0 saturated carbocycles. The van der Waals surface area contributed by atoms with Crippen LogP contribution in [0.3, 0.4) is 0 Å². The maximum atomic E-state index is 11.6. The van der Waals surface area contributed by atoms with Gasteiger partial charge in [-0.15, -0.1) is 11.3 Å². The van der Waals surface area contributed by atoms with Crippen molar-refractivity contribution >= 4 is 49.1 Å². The average Bonchev–Trinajstić information content (AvgIpc) is 2.53.